The third-order valence-corrected chi connectivity index (χ3v) is 3.18. The second-order valence-electron chi connectivity index (χ2n) is 4.18. The highest BCUT2D eigenvalue weighted by molar-refractivity contribution is 6.17. The van der Waals surface area contributed by atoms with Gasteiger partial charge in [0.05, 0.1) is 12.2 Å². The van der Waals surface area contributed by atoms with Crippen LogP contribution < -0.4 is 0 Å². The molecule has 17 heavy (non-hydrogen) atoms. The molecule has 0 radical (unpaired) electrons. The third kappa shape index (κ3) is 2.60. The Morgan fingerprint density at radius 1 is 1.35 bits per heavy atom. The summed E-state index contributed by atoms with van der Waals surface area (Å²) in [5.41, 5.74) is 1.40. The van der Waals surface area contributed by atoms with E-state index in [1.165, 1.54) is 4.90 Å². The van der Waals surface area contributed by atoms with Gasteiger partial charge in [-0.25, -0.2) is 0 Å². The van der Waals surface area contributed by atoms with Crippen molar-refractivity contribution in [2.45, 2.75) is 18.1 Å². The van der Waals surface area contributed by atoms with Crippen LogP contribution in [0.4, 0.5) is 0 Å². The van der Waals surface area contributed by atoms with Crippen molar-refractivity contribution in [3.05, 3.63) is 35.4 Å². The highest BCUT2D eigenvalue weighted by Crippen LogP contribution is 2.15. The number of β-amino-alcohol motifs (C(OH)–C–C–N with tert-alkyl or cyclic N) is 2. The predicted octanol–water partition coefficient (Wildman–Crippen LogP) is 0.603. The van der Waals surface area contributed by atoms with E-state index in [1.807, 2.05) is 6.07 Å². The van der Waals surface area contributed by atoms with Gasteiger partial charge in [-0.1, -0.05) is 12.1 Å². The lowest BCUT2D eigenvalue weighted by Gasteiger charge is -2.15. The number of benzene rings is 1. The van der Waals surface area contributed by atoms with Crippen LogP contribution in [-0.2, 0) is 5.88 Å². The van der Waals surface area contributed by atoms with Gasteiger partial charge in [-0.05, 0) is 17.7 Å². The van der Waals surface area contributed by atoms with E-state index < -0.39 is 12.2 Å². The van der Waals surface area contributed by atoms with Gasteiger partial charge in [0.25, 0.3) is 5.91 Å². The molecular formula is C12H14ClNO3. The molecule has 2 rings (SSSR count). The summed E-state index contributed by atoms with van der Waals surface area (Å²) >= 11 is 5.70. The number of halogens is 1. The van der Waals surface area contributed by atoms with Crippen LogP contribution in [0.25, 0.3) is 0 Å². The summed E-state index contributed by atoms with van der Waals surface area (Å²) in [5.74, 6) is 0.166. The van der Waals surface area contributed by atoms with E-state index in [4.69, 9.17) is 11.6 Å². The number of nitrogens with zero attached hydrogens (tertiary/aromatic N) is 1. The normalized spacial score (nSPS) is 24.1. The first-order valence-electron chi connectivity index (χ1n) is 5.42. The molecule has 1 saturated heterocycles. The fourth-order valence-corrected chi connectivity index (χ4v) is 2.07. The Morgan fingerprint density at radius 3 is 2.59 bits per heavy atom. The Balaban J connectivity index is 2.14. The average Bonchev–Trinajstić information content (AvgIpc) is 2.69. The second-order valence-corrected chi connectivity index (χ2v) is 4.45. The number of likely N-dealkylation sites (tertiary alicyclic amines) is 1. The first-order chi connectivity index (χ1) is 8.11. The van der Waals surface area contributed by atoms with Crippen molar-refractivity contribution < 1.29 is 15.0 Å². The van der Waals surface area contributed by atoms with Crippen LogP contribution in [-0.4, -0.2) is 46.3 Å². The lowest BCUT2D eigenvalue weighted by molar-refractivity contribution is 0.0572. The minimum Gasteiger partial charge on any atom is -0.388 e. The molecule has 2 unspecified atom stereocenters. The third-order valence-electron chi connectivity index (χ3n) is 2.87. The molecule has 5 heteroatoms. The molecule has 0 bridgehead atoms. The molecule has 2 N–H and O–H groups in total. The minimum absolute atomic E-state index is 0.172. The van der Waals surface area contributed by atoms with Gasteiger partial charge in [-0.2, -0.15) is 0 Å². The van der Waals surface area contributed by atoms with Crippen LogP contribution in [0.5, 0.6) is 0 Å². The molecule has 1 fully saturated rings. The van der Waals surface area contributed by atoms with Crippen molar-refractivity contribution >= 4 is 17.5 Å². The van der Waals surface area contributed by atoms with Crippen LogP contribution in [0, 0.1) is 0 Å². The maximum Gasteiger partial charge on any atom is 0.254 e. The Bertz CT molecular complexity index is 414. The number of hydrogen-bond donors (Lipinski definition) is 2. The average molecular weight is 256 g/mol. The van der Waals surface area contributed by atoms with Crippen LogP contribution in [0.3, 0.4) is 0 Å². The Hall–Kier alpha value is -1.10. The number of amides is 1. The fourth-order valence-electron chi connectivity index (χ4n) is 1.91. The number of hydrogen-bond acceptors (Lipinski definition) is 3. The van der Waals surface area contributed by atoms with Crippen molar-refractivity contribution in [1.29, 1.82) is 0 Å². The Kier molecular flexibility index (Phi) is 3.66. The smallest absolute Gasteiger partial charge is 0.254 e. The molecule has 1 aromatic carbocycles. The summed E-state index contributed by atoms with van der Waals surface area (Å²) in [6.07, 6.45) is -1.70. The van der Waals surface area contributed by atoms with E-state index in [9.17, 15) is 15.0 Å². The van der Waals surface area contributed by atoms with E-state index in [0.29, 0.717) is 11.4 Å². The largest absolute Gasteiger partial charge is 0.388 e. The van der Waals surface area contributed by atoms with E-state index in [1.54, 1.807) is 18.2 Å². The number of aliphatic hydroxyl groups is 2. The van der Waals surface area contributed by atoms with Crippen molar-refractivity contribution in [1.82, 2.24) is 4.90 Å². The van der Waals surface area contributed by atoms with Crippen LogP contribution in [0.2, 0.25) is 0 Å². The molecule has 1 heterocycles. The van der Waals surface area contributed by atoms with E-state index in [2.05, 4.69) is 0 Å². The molecule has 4 nitrogen and oxygen atoms in total. The molecule has 2 atom stereocenters. The quantitative estimate of drug-likeness (QED) is 0.761. The van der Waals surface area contributed by atoms with Crippen LogP contribution in [0.15, 0.2) is 24.3 Å². The zero-order valence-electron chi connectivity index (χ0n) is 9.21. The molecule has 0 saturated carbocycles. The SMILES string of the molecule is O=C(c1cccc(CCl)c1)N1CC(O)C(O)C1. The standard InChI is InChI=1S/C12H14ClNO3/c13-5-8-2-1-3-9(4-8)12(17)14-6-10(15)11(16)7-14/h1-4,10-11,15-16H,5-7H2. The molecule has 1 amide bonds. The fraction of sp³-hybridized carbons (Fsp3) is 0.417. The summed E-state index contributed by atoms with van der Waals surface area (Å²) in [6.45, 7) is 0.343. The molecule has 0 aliphatic carbocycles. The van der Waals surface area contributed by atoms with Gasteiger partial charge < -0.3 is 15.1 Å². The van der Waals surface area contributed by atoms with E-state index >= 15 is 0 Å². The first-order valence-corrected chi connectivity index (χ1v) is 5.95. The molecule has 0 spiro atoms. The molecule has 92 valence electrons. The highest BCUT2D eigenvalue weighted by atomic mass is 35.5. The van der Waals surface area contributed by atoms with Crippen molar-refractivity contribution in [3.63, 3.8) is 0 Å². The molecule has 1 aliphatic rings. The van der Waals surface area contributed by atoms with Gasteiger partial charge in [0.15, 0.2) is 0 Å². The van der Waals surface area contributed by atoms with E-state index in [0.717, 1.165) is 5.56 Å². The number of carbonyl (C=O) groups excluding carboxylic acids is 1. The second kappa shape index (κ2) is 5.04. The monoisotopic (exact) mass is 255 g/mol. The molecule has 1 aliphatic heterocycles. The molecular weight excluding hydrogens is 242 g/mol. The van der Waals surface area contributed by atoms with Gasteiger partial charge in [0, 0.05) is 24.5 Å². The van der Waals surface area contributed by atoms with Gasteiger partial charge in [0.1, 0.15) is 0 Å². The van der Waals surface area contributed by atoms with Crippen LogP contribution in [0.1, 0.15) is 15.9 Å². The number of carbonyl (C=O) groups is 1. The lowest BCUT2D eigenvalue weighted by Crippen LogP contribution is -2.29. The summed E-state index contributed by atoms with van der Waals surface area (Å²) in [6, 6.07) is 7.05. The number of aliphatic hydroxyl groups excluding tert-OH is 2. The Labute approximate surface area is 104 Å². The summed E-state index contributed by atoms with van der Waals surface area (Å²) in [5, 5.41) is 18.8. The predicted molar refractivity (Wildman–Crippen MR) is 63.9 cm³/mol. The van der Waals surface area contributed by atoms with E-state index in [-0.39, 0.29) is 19.0 Å². The maximum atomic E-state index is 12.1. The van der Waals surface area contributed by atoms with Crippen LogP contribution >= 0.6 is 11.6 Å². The van der Waals surface area contributed by atoms with Gasteiger partial charge in [0.2, 0.25) is 0 Å². The molecule has 1 aromatic rings. The summed E-state index contributed by atoms with van der Waals surface area (Å²) in [4.78, 5) is 13.5. The first kappa shape index (κ1) is 12.4. The Morgan fingerprint density at radius 2 is 2.00 bits per heavy atom. The van der Waals surface area contributed by atoms with Gasteiger partial charge >= 0.3 is 0 Å². The zero-order valence-corrected chi connectivity index (χ0v) is 9.97. The number of rotatable bonds is 2. The number of alkyl halides is 1. The van der Waals surface area contributed by atoms with Gasteiger partial charge in [-0.3, -0.25) is 4.79 Å². The molecule has 0 aromatic heterocycles. The van der Waals surface area contributed by atoms with Crippen molar-refractivity contribution in [2.24, 2.45) is 0 Å². The topological polar surface area (TPSA) is 60.8 Å². The maximum absolute atomic E-state index is 12.1. The van der Waals surface area contributed by atoms with Crippen molar-refractivity contribution in [3.8, 4) is 0 Å². The lowest BCUT2D eigenvalue weighted by atomic mass is 10.1. The summed E-state index contributed by atoms with van der Waals surface area (Å²) < 4.78 is 0. The van der Waals surface area contributed by atoms with Crippen molar-refractivity contribution in [2.75, 3.05) is 13.1 Å². The minimum atomic E-state index is -0.852. The zero-order chi connectivity index (χ0) is 12.4. The summed E-state index contributed by atoms with van der Waals surface area (Å²) in [7, 11) is 0. The highest BCUT2D eigenvalue weighted by Gasteiger charge is 2.32. The van der Waals surface area contributed by atoms with Gasteiger partial charge in [-0.15, -0.1) is 11.6 Å².